The van der Waals surface area contributed by atoms with Gasteiger partial charge in [-0.2, -0.15) is 0 Å². The minimum Gasteiger partial charge on any atom is -0.360 e. The van der Waals surface area contributed by atoms with Gasteiger partial charge in [0.15, 0.2) is 5.11 Å². The fourth-order valence-corrected chi connectivity index (χ4v) is 4.60. The van der Waals surface area contributed by atoms with Gasteiger partial charge in [0.1, 0.15) is 0 Å². The average Bonchev–Trinajstić information content (AvgIpc) is 2.80. The summed E-state index contributed by atoms with van der Waals surface area (Å²) in [5.74, 6) is 0.693. The molecule has 3 fully saturated rings. The van der Waals surface area contributed by atoms with E-state index in [9.17, 15) is 0 Å². The second kappa shape index (κ2) is 8.46. The lowest BCUT2D eigenvalue weighted by Gasteiger charge is -2.43. The van der Waals surface area contributed by atoms with Crippen LogP contribution in [0, 0.1) is 5.92 Å². The second-order valence-electron chi connectivity index (χ2n) is 7.21. The first-order chi connectivity index (χ1) is 10.8. The molecule has 2 saturated heterocycles. The highest BCUT2D eigenvalue weighted by Gasteiger charge is 2.35. The summed E-state index contributed by atoms with van der Waals surface area (Å²) in [6.45, 7) is 4.96. The minimum absolute atomic E-state index is 0.378. The van der Waals surface area contributed by atoms with Crippen molar-refractivity contribution in [1.82, 2.24) is 20.9 Å². The first kappa shape index (κ1) is 16.5. The molecule has 0 aromatic rings. The molecule has 0 bridgehead atoms. The van der Waals surface area contributed by atoms with Crippen LogP contribution in [0.2, 0.25) is 0 Å². The predicted octanol–water partition coefficient (Wildman–Crippen LogP) is 2.20. The van der Waals surface area contributed by atoms with Crippen LogP contribution in [0.5, 0.6) is 0 Å². The molecule has 3 N–H and O–H groups in total. The molecule has 4 nitrogen and oxygen atoms in total. The van der Waals surface area contributed by atoms with Gasteiger partial charge in [-0.3, -0.25) is 5.32 Å². The minimum atomic E-state index is 0.378. The molecule has 0 spiro atoms. The summed E-state index contributed by atoms with van der Waals surface area (Å²) in [4.78, 5) is 2.65. The van der Waals surface area contributed by atoms with Crippen molar-refractivity contribution in [2.24, 2.45) is 5.92 Å². The zero-order chi connectivity index (χ0) is 15.2. The fraction of sp³-hybridized carbons (Fsp3) is 0.941. The fourth-order valence-electron chi connectivity index (χ4n) is 4.32. The Morgan fingerprint density at radius 3 is 2.59 bits per heavy atom. The summed E-state index contributed by atoms with van der Waals surface area (Å²) in [5.41, 5.74) is 0. The average molecular weight is 325 g/mol. The van der Waals surface area contributed by atoms with E-state index in [0.717, 1.165) is 11.7 Å². The number of nitrogens with one attached hydrogen (secondary N) is 3. The number of fused-ring (bicyclic) bond motifs is 1. The van der Waals surface area contributed by atoms with Crippen LogP contribution >= 0.6 is 12.2 Å². The molecule has 3 atom stereocenters. The van der Waals surface area contributed by atoms with Crippen LogP contribution in [0.3, 0.4) is 0 Å². The third kappa shape index (κ3) is 4.56. The lowest BCUT2D eigenvalue weighted by Crippen LogP contribution is -2.65. The molecule has 0 radical (unpaired) electrons. The molecular formula is C17H32N4S. The van der Waals surface area contributed by atoms with E-state index < -0.39 is 0 Å². The van der Waals surface area contributed by atoms with Gasteiger partial charge in [0.25, 0.3) is 0 Å². The largest absolute Gasteiger partial charge is 0.360 e. The van der Waals surface area contributed by atoms with Gasteiger partial charge < -0.3 is 15.5 Å². The first-order valence-electron chi connectivity index (χ1n) is 9.36. The van der Waals surface area contributed by atoms with Crippen LogP contribution in [0.15, 0.2) is 0 Å². The van der Waals surface area contributed by atoms with Crippen LogP contribution in [0.1, 0.15) is 57.8 Å². The van der Waals surface area contributed by atoms with Gasteiger partial charge >= 0.3 is 0 Å². The molecule has 1 aliphatic carbocycles. The molecule has 22 heavy (non-hydrogen) atoms. The van der Waals surface area contributed by atoms with Crippen molar-refractivity contribution in [3.63, 3.8) is 0 Å². The molecule has 3 unspecified atom stereocenters. The highest BCUT2D eigenvalue weighted by atomic mass is 32.1. The van der Waals surface area contributed by atoms with Crippen LogP contribution < -0.4 is 16.0 Å². The highest BCUT2D eigenvalue weighted by molar-refractivity contribution is 7.80. The molecule has 0 aromatic carbocycles. The second-order valence-corrected chi connectivity index (χ2v) is 7.62. The van der Waals surface area contributed by atoms with Gasteiger partial charge in [0, 0.05) is 12.0 Å². The Morgan fingerprint density at radius 2 is 1.77 bits per heavy atom. The normalized spacial score (nSPS) is 33.5. The summed E-state index contributed by atoms with van der Waals surface area (Å²) in [7, 11) is 0. The standard InChI is InChI=1S/C17H32N4S/c22-17-19-15-9-4-3-8-14(15)16(20-17)18-10-7-13-21-11-5-1-2-6-12-21/h14-16,18H,1-13H2,(H2,19,20,22). The lowest BCUT2D eigenvalue weighted by atomic mass is 9.81. The molecule has 0 amide bonds. The number of hydrogen-bond acceptors (Lipinski definition) is 3. The summed E-state index contributed by atoms with van der Waals surface area (Å²) in [5, 5.41) is 11.5. The third-order valence-electron chi connectivity index (χ3n) is 5.56. The first-order valence-corrected chi connectivity index (χ1v) is 9.76. The van der Waals surface area contributed by atoms with E-state index in [1.807, 2.05) is 0 Å². The van der Waals surface area contributed by atoms with E-state index in [0.29, 0.717) is 18.1 Å². The van der Waals surface area contributed by atoms with Crippen molar-refractivity contribution in [2.45, 2.75) is 70.0 Å². The Balaban J connectivity index is 1.39. The summed E-state index contributed by atoms with van der Waals surface area (Å²) in [6, 6.07) is 0.589. The molecule has 2 heterocycles. The zero-order valence-electron chi connectivity index (χ0n) is 13.8. The Kier molecular flexibility index (Phi) is 6.33. The van der Waals surface area contributed by atoms with Crippen molar-refractivity contribution in [3.05, 3.63) is 0 Å². The Hall–Kier alpha value is -0.390. The SMILES string of the molecule is S=C1NC2CCCCC2C(NCCCN2CCCCCC2)N1. The van der Waals surface area contributed by atoms with Gasteiger partial charge in [-0.25, -0.2) is 0 Å². The van der Waals surface area contributed by atoms with E-state index >= 15 is 0 Å². The summed E-state index contributed by atoms with van der Waals surface area (Å²) < 4.78 is 0. The third-order valence-corrected chi connectivity index (χ3v) is 5.80. The molecule has 2 aliphatic heterocycles. The number of likely N-dealkylation sites (tertiary alicyclic amines) is 1. The predicted molar refractivity (Wildman–Crippen MR) is 95.9 cm³/mol. The monoisotopic (exact) mass is 324 g/mol. The molecule has 5 heteroatoms. The molecule has 126 valence electrons. The molecule has 3 rings (SSSR count). The molecule has 3 aliphatic rings. The van der Waals surface area contributed by atoms with Crippen LogP contribution in [-0.4, -0.2) is 48.4 Å². The number of hydrogen-bond donors (Lipinski definition) is 3. The van der Waals surface area contributed by atoms with Crippen molar-refractivity contribution in [1.29, 1.82) is 0 Å². The maximum absolute atomic E-state index is 5.38. The smallest absolute Gasteiger partial charge is 0.167 e. The maximum atomic E-state index is 5.38. The number of thiocarbonyl (C=S) groups is 1. The van der Waals surface area contributed by atoms with Crippen LogP contribution in [-0.2, 0) is 0 Å². The van der Waals surface area contributed by atoms with Crippen molar-refractivity contribution in [2.75, 3.05) is 26.2 Å². The topological polar surface area (TPSA) is 39.3 Å². The van der Waals surface area contributed by atoms with Crippen LogP contribution in [0.25, 0.3) is 0 Å². The zero-order valence-corrected chi connectivity index (χ0v) is 14.6. The van der Waals surface area contributed by atoms with Gasteiger partial charge in [0.05, 0.1) is 6.17 Å². The summed E-state index contributed by atoms with van der Waals surface area (Å²) >= 11 is 5.38. The molecule has 0 aromatic heterocycles. The Labute approximate surface area is 140 Å². The highest BCUT2D eigenvalue weighted by Crippen LogP contribution is 2.28. The van der Waals surface area contributed by atoms with Gasteiger partial charge in [-0.15, -0.1) is 0 Å². The Morgan fingerprint density at radius 1 is 1.00 bits per heavy atom. The van der Waals surface area contributed by atoms with Crippen molar-refractivity contribution >= 4 is 17.3 Å². The quantitative estimate of drug-likeness (QED) is 0.534. The maximum Gasteiger partial charge on any atom is 0.167 e. The van der Waals surface area contributed by atoms with E-state index in [1.165, 1.54) is 77.4 Å². The van der Waals surface area contributed by atoms with Gasteiger partial charge in [0.2, 0.25) is 0 Å². The van der Waals surface area contributed by atoms with E-state index in [-0.39, 0.29) is 0 Å². The summed E-state index contributed by atoms with van der Waals surface area (Å²) in [6.07, 6.45) is 12.6. The van der Waals surface area contributed by atoms with Gasteiger partial charge in [-0.05, 0) is 70.5 Å². The molecular weight excluding hydrogens is 292 g/mol. The lowest BCUT2D eigenvalue weighted by molar-refractivity contribution is 0.186. The Bertz CT molecular complexity index is 355. The van der Waals surface area contributed by atoms with Crippen molar-refractivity contribution < 1.29 is 0 Å². The van der Waals surface area contributed by atoms with Crippen molar-refractivity contribution in [3.8, 4) is 0 Å². The van der Waals surface area contributed by atoms with E-state index in [2.05, 4.69) is 20.9 Å². The van der Waals surface area contributed by atoms with Crippen LogP contribution in [0.4, 0.5) is 0 Å². The van der Waals surface area contributed by atoms with Gasteiger partial charge in [-0.1, -0.05) is 25.7 Å². The van der Waals surface area contributed by atoms with E-state index in [1.54, 1.807) is 0 Å². The molecule has 1 saturated carbocycles. The number of rotatable bonds is 5. The van der Waals surface area contributed by atoms with E-state index in [4.69, 9.17) is 12.2 Å². The number of nitrogens with zero attached hydrogens (tertiary/aromatic N) is 1.